The number of ketones is 3. The summed E-state index contributed by atoms with van der Waals surface area (Å²) in [5.74, 6) is -9.14. The SMILES string of the molecule is CN(C)c1cc(NC2CC(C)(C)NC(C)(C)C2)c(O)c2c1C[C@@H]1C[C@@H]3[C@@H](N(C)C)C(O)C(C(N)=O)C(=O)[C@]3(O)C(=O)C1C2=O. The molecule has 1 heterocycles. The molecule has 3 unspecified atom stereocenters. The second kappa shape index (κ2) is 10.5. The summed E-state index contributed by atoms with van der Waals surface area (Å²) in [6, 6.07) is 0.867. The third-order valence-corrected chi connectivity index (χ3v) is 10.3. The summed E-state index contributed by atoms with van der Waals surface area (Å²) in [6.45, 7) is 8.47. The van der Waals surface area contributed by atoms with Gasteiger partial charge in [0.1, 0.15) is 11.7 Å². The average molecular weight is 614 g/mol. The highest BCUT2D eigenvalue weighted by molar-refractivity contribution is 6.26. The minimum atomic E-state index is -2.69. The van der Waals surface area contributed by atoms with E-state index in [1.807, 2.05) is 25.1 Å². The molecule has 3 fully saturated rings. The third-order valence-electron chi connectivity index (χ3n) is 10.3. The number of aromatic hydroxyl groups is 1. The molecule has 12 heteroatoms. The number of nitrogens with two attached hydrogens (primary N) is 1. The van der Waals surface area contributed by atoms with E-state index in [-0.39, 0.29) is 41.3 Å². The highest BCUT2D eigenvalue weighted by atomic mass is 16.3. The number of phenols is 1. The van der Waals surface area contributed by atoms with E-state index in [1.165, 1.54) is 0 Å². The van der Waals surface area contributed by atoms with Crippen molar-refractivity contribution >= 4 is 34.6 Å². The number of nitrogens with zero attached hydrogens (tertiary/aromatic N) is 2. The number of primary amides is 1. The van der Waals surface area contributed by atoms with E-state index >= 15 is 0 Å². The Morgan fingerprint density at radius 2 is 1.64 bits per heavy atom. The Morgan fingerprint density at radius 3 is 2.16 bits per heavy atom. The Balaban J connectivity index is 1.59. The lowest BCUT2D eigenvalue weighted by atomic mass is 9.52. The molecule has 1 aromatic rings. The van der Waals surface area contributed by atoms with Crippen LogP contribution >= 0.6 is 0 Å². The molecule has 0 aromatic heterocycles. The first-order valence-corrected chi connectivity index (χ1v) is 15.3. The molecule has 2 saturated carbocycles. The minimum Gasteiger partial charge on any atom is -0.505 e. The number of hydrogen-bond acceptors (Lipinski definition) is 11. The normalized spacial score (nSPS) is 34.7. The Kier molecular flexibility index (Phi) is 7.72. The van der Waals surface area contributed by atoms with Crippen molar-refractivity contribution in [2.24, 2.45) is 29.4 Å². The molecule has 12 nitrogen and oxygen atoms in total. The Labute approximate surface area is 258 Å². The molecule has 0 bridgehead atoms. The van der Waals surface area contributed by atoms with Crippen molar-refractivity contribution in [3.8, 4) is 5.75 Å². The second-order valence-corrected chi connectivity index (χ2v) is 15.2. The molecule has 0 radical (unpaired) electrons. The van der Waals surface area contributed by atoms with Gasteiger partial charge >= 0.3 is 0 Å². The average Bonchev–Trinajstić information content (AvgIpc) is 2.85. The van der Waals surface area contributed by atoms with E-state index in [4.69, 9.17) is 5.73 Å². The van der Waals surface area contributed by atoms with Crippen molar-refractivity contribution in [3.05, 3.63) is 17.2 Å². The van der Waals surface area contributed by atoms with Gasteiger partial charge in [-0.2, -0.15) is 0 Å². The van der Waals surface area contributed by atoms with Gasteiger partial charge in [-0.1, -0.05) is 0 Å². The molecule has 242 valence electrons. The molecule has 1 aromatic carbocycles. The van der Waals surface area contributed by atoms with Crippen LogP contribution in [0.25, 0.3) is 0 Å². The predicted molar refractivity (Wildman–Crippen MR) is 165 cm³/mol. The molecular weight excluding hydrogens is 566 g/mol. The fourth-order valence-electron chi connectivity index (χ4n) is 9.02. The monoisotopic (exact) mass is 613 g/mol. The van der Waals surface area contributed by atoms with Gasteiger partial charge in [-0.3, -0.25) is 19.2 Å². The smallest absolute Gasteiger partial charge is 0.230 e. The first kappa shape index (κ1) is 32.3. The number of piperidine rings is 1. The first-order chi connectivity index (χ1) is 20.2. The quantitative estimate of drug-likeness (QED) is 0.200. The highest BCUT2D eigenvalue weighted by Crippen LogP contribution is 2.53. The number of anilines is 2. The summed E-state index contributed by atoms with van der Waals surface area (Å²) in [5, 5.41) is 41.7. The Hall–Kier alpha value is -3.06. The summed E-state index contributed by atoms with van der Waals surface area (Å²) in [5.41, 5.74) is 4.11. The zero-order valence-electron chi connectivity index (χ0n) is 26.9. The van der Waals surface area contributed by atoms with Gasteiger partial charge in [0.2, 0.25) is 5.91 Å². The van der Waals surface area contributed by atoms with Crippen molar-refractivity contribution in [3.63, 3.8) is 0 Å². The summed E-state index contributed by atoms with van der Waals surface area (Å²) >= 11 is 0. The number of nitrogens with one attached hydrogen (secondary N) is 2. The topological polar surface area (TPSA) is 186 Å². The van der Waals surface area contributed by atoms with E-state index in [2.05, 4.69) is 38.3 Å². The summed E-state index contributed by atoms with van der Waals surface area (Å²) in [7, 11) is 6.94. The van der Waals surface area contributed by atoms with Crippen molar-refractivity contribution in [1.82, 2.24) is 10.2 Å². The van der Waals surface area contributed by atoms with Crippen LogP contribution in [0.3, 0.4) is 0 Å². The molecule has 44 heavy (non-hydrogen) atoms. The number of benzene rings is 1. The summed E-state index contributed by atoms with van der Waals surface area (Å²) < 4.78 is 0. The lowest BCUT2D eigenvalue weighted by Gasteiger charge is -2.55. The largest absolute Gasteiger partial charge is 0.505 e. The van der Waals surface area contributed by atoms with Crippen molar-refractivity contribution < 1.29 is 34.5 Å². The Morgan fingerprint density at radius 1 is 1.05 bits per heavy atom. The number of Topliss-reactive ketones (excluding diaryl/α,β-unsaturated/α-hetero) is 3. The van der Waals surface area contributed by atoms with Gasteiger partial charge in [0.25, 0.3) is 0 Å². The molecule has 1 saturated heterocycles. The first-order valence-electron chi connectivity index (χ1n) is 15.3. The number of rotatable bonds is 5. The lowest BCUT2D eigenvalue weighted by Crippen LogP contribution is -2.75. The number of amides is 1. The van der Waals surface area contributed by atoms with Gasteiger partial charge in [-0.05, 0) is 85.0 Å². The maximum absolute atomic E-state index is 14.3. The summed E-state index contributed by atoms with van der Waals surface area (Å²) in [4.78, 5) is 57.8. The van der Waals surface area contributed by atoms with Gasteiger partial charge in [-0.15, -0.1) is 0 Å². The number of fused-ring (bicyclic) bond motifs is 3. The van der Waals surface area contributed by atoms with Crippen molar-refractivity contribution in [2.75, 3.05) is 38.4 Å². The second-order valence-electron chi connectivity index (χ2n) is 15.2. The number of likely N-dealkylation sites (N-methyl/N-ethyl adjacent to an activating group) is 1. The van der Waals surface area contributed by atoms with Crippen LogP contribution in [0.4, 0.5) is 11.4 Å². The maximum Gasteiger partial charge on any atom is 0.230 e. The lowest BCUT2D eigenvalue weighted by molar-refractivity contribution is -0.190. The van der Waals surface area contributed by atoms with Crippen molar-refractivity contribution in [2.45, 2.75) is 88.2 Å². The molecular formula is C32H47N5O7. The maximum atomic E-state index is 14.3. The number of phenolic OH excluding ortho intramolecular Hbond substituents is 1. The minimum absolute atomic E-state index is 0.00158. The van der Waals surface area contributed by atoms with E-state index in [0.717, 1.165) is 12.8 Å². The van der Waals surface area contributed by atoms with E-state index in [1.54, 1.807) is 19.0 Å². The van der Waals surface area contributed by atoms with E-state index < -0.39 is 64.7 Å². The Bertz CT molecular complexity index is 1410. The molecule has 7 N–H and O–H groups in total. The number of aliphatic hydroxyl groups is 2. The van der Waals surface area contributed by atoms with Gasteiger partial charge < -0.3 is 41.5 Å². The molecule has 1 amide bonds. The zero-order valence-corrected chi connectivity index (χ0v) is 26.9. The van der Waals surface area contributed by atoms with Crippen molar-refractivity contribution in [1.29, 1.82) is 0 Å². The van der Waals surface area contributed by atoms with Crippen LogP contribution in [0.1, 0.15) is 62.9 Å². The fraction of sp³-hybridized carbons (Fsp3) is 0.688. The number of hydrogen-bond donors (Lipinski definition) is 6. The van der Waals surface area contributed by atoms with Gasteiger partial charge in [-0.25, -0.2) is 0 Å². The van der Waals surface area contributed by atoms with Crippen LogP contribution in [0.2, 0.25) is 0 Å². The third kappa shape index (κ3) is 4.90. The van der Waals surface area contributed by atoms with Crippen LogP contribution in [0.15, 0.2) is 6.07 Å². The molecule has 1 aliphatic heterocycles. The van der Waals surface area contributed by atoms with Crippen LogP contribution < -0.4 is 21.3 Å². The molecule has 3 aliphatic carbocycles. The number of aliphatic hydroxyl groups excluding tert-OH is 1. The predicted octanol–water partition coefficient (Wildman–Crippen LogP) is 0.446. The van der Waals surface area contributed by atoms with Gasteiger partial charge in [0, 0.05) is 48.9 Å². The van der Waals surface area contributed by atoms with Crippen LogP contribution in [0, 0.1) is 23.7 Å². The molecule has 7 atom stereocenters. The van der Waals surface area contributed by atoms with Gasteiger partial charge in [0.15, 0.2) is 23.0 Å². The standard InChI is InChI=1S/C32H47N5O7/c1-30(2)12-15(13-31(3,4)35-30)34-18-11-19(36(5)6)16-9-14-10-17-23(37(7)8)26(40)22(29(33)43)28(42)32(17,44)27(41)20(14)25(39)21(16)24(18)38/h11,14-15,17,20,22-23,26,34-35,38,40,44H,9-10,12-13H2,1-8H3,(H2,33,43)/t14-,17-,20?,22?,23-,26?,32-/m1/s1. The fourth-order valence-corrected chi connectivity index (χ4v) is 9.02. The summed E-state index contributed by atoms with van der Waals surface area (Å²) in [6.07, 6.45) is 0.302. The highest BCUT2D eigenvalue weighted by Gasteiger charge is 2.69. The van der Waals surface area contributed by atoms with E-state index in [0.29, 0.717) is 16.9 Å². The van der Waals surface area contributed by atoms with E-state index in [9.17, 15) is 34.5 Å². The van der Waals surface area contributed by atoms with Gasteiger partial charge in [0.05, 0.1) is 23.3 Å². The molecule has 5 rings (SSSR count). The molecule has 4 aliphatic rings. The van der Waals surface area contributed by atoms with Crippen LogP contribution in [0.5, 0.6) is 5.75 Å². The van der Waals surface area contributed by atoms with Crippen LogP contribution in [-0.4, -0.2) is 107 Å². The van der Waals surface area contributed by atoms with Crippen LogP contribution in [-0.2, 0) is 20.8 Å². The zero-order chi connectivity index (χ0) is 32.8. The molecule has 0 spiro atoms. The number of carbonyl (C=O) groups excluding carboxylic acids is 4. The number of carbonyl (C=O) groups is 4.